The summed E-state index contributed by atoms with van der Waals surface area (Å²) in [4.78, 5) is 37.6. The van der Waals surface area contributed by atoms with Gasteiger partial charge in [0.15, 0.2) is 5.78 Å². The molecule has 25 heavy (non-hydrogen) atoms. The monoisotopic (exact) mass is 408 g/mol. The minimum atomic E-state index is -1.06. The minimum absolute atomic E-state index is 0.169. The molecule has 1 aliphatic carbocycles. The molecule has 0 unspecified atom stereocenters. The van der Waals surface area contributed by atoms with Gasteiger partial charge in [-0.05, 0) is 44.5 Å². The molecule has 0 N–H and O–H groups in total. The van der Waals surface area contributed by atoms with Crippen molar-refractivity contribution in [2.75, 3.05) is 13.2 Å². The molecule has 1 aromatic carbocycles. The number of halogens is 1. The molecular weight excluding hydrogens is 388 g/mol. The summed E-state index contributed by atoms with van der Waals surface area (Å²) >= 11 is 3.37. The van der Waals surface area contributed by atoms with Crippen LogP contribution in [0.25, 0.3) is 0 Å². The molecule has 0 saturated carbocycles. The van der Waals surface area contributed by atoms with Crippen LogP contribution < -0.4 is 0 Å². The van der Waals surface area contributed by atoms with Gasteiger partial charge in [0, 0.05) is 10.4 Å². The first-order valence-corrected chi connectivity index (χ1v) is 9.00. The predicted octanol–water partition coefficient (Wildman–Crippen LogP) is 3.42. The van der Waals surface area contributed by atoms with Crippen LogP contribution in [0.1, 0.15) is 32.3 Å². The highest BCUT2D eigenvalue weighted by Crippen LogP contribution is 2.42. The van der Waals surface area contributed by atoms with Crippen molar-refractivity contribution in [1.82, 2.24) is 0 Å². The molecule has 1 aromatic rings. The van der Waals surface area contributed by atoms with Crippen LogP contribution in [0.5, 0.6) is 0 Å². The third kappa shape index (κ3) is 4.18. The number of hydrogen-bond donors (Lipinski definition) is 0. The van der Waals surface area contributed by atoms with Gasteiger partial charge in [-0.1, -0.05) is 33.6 Å². The summed E-state index contributed by atoms with van der Waals surface area (Å²) < 4.78 is 11.2. The number of carbonyl (C=O) groups excluding carboxylic acids is 3. The molecular formula is C19H21BrO5. The smallest absolute Gasteiger partial charge is 0.317 e. The van der Waals surface area contributed by atoms with Crippen molar-refractivity contribution in [1.29, 1.82) is 0 Å². The number of esters is 2. The molecule has 0 saturated heterocycles. The lowest BCUT2D eigenvalue weighted by molar-refractivity contribution is -0.155. The fourth-order valence-electron chi connectivity index (χ4n) is 3.19. The zero-order valence-electron chi connectivity index (χ0n) is 14.5. The molecule has 0 aliphatic heterocycles. The summed E-state index contributed by atoms with van der Waals surface area (Å²) in [7, 11) is 0. The van der Waals surface area contributed by atoms with E-state index in [4.69, 9.17) is 9.47 Å². The molecule has 5 nitrogen and oxygen atoms in total. The Bertz CT molecular complexity index is 692. The van der Waals surface area contributed by atoms with Crippen molar-refractivity contribution in [3.05, 3.63) is 46.0 Å². The third-order valence-corrected chi connectivity index (χ3v) is 4.75. The molecule has 1 aliphatic rings. The van der Waals surface area contributed by atoms with Gasteiger partial charge in [-0.3, -0.25) is 14.4 Å². The van der Waals surface area contributed by atoms with E-state index in [9.17, 15) is 14.4 Å². The average Bonchev–Trinajstić information content (AvgIpc) is 2.55. The van der Waals surface area contributed by atoms with Gasteiger partial charge in [0.25, 0.3) is 0 Å². The number of allylic oxidation sites excluding steroid dienone is 1. The first-order valence-electron chi connectivity index (χ1n) is 8.21. The molecule has 0 amide bonds. The molecule has 0 radical (unpaired) electrons. The maximum Gasteiger partial charge on any atom is 0.317 e. The van der Waals surface area contributed by atoms with Crippen LogP contribution >= 0.6 is 15.9 Å². The van der Waals surface area contributed by atoms with Crippen molar-refractivity contribution in [3.63, 3.8) is 0 Å². The Morgan fingerprint density at radius 2 is 1.52 bits per heavy atom. The number of rotatable bonds is 5. The summed E-state index contributed by atoms with van der Waals surface area (Å²) in [5.41, 5.74) is 1.32. The van der Waals surface area contributed by atoms with Crippen LogP contribution in [0.4, 0.5) is 0 Å². The lowest BCUT2D eigenvalue weighted by atomic mass is 9.68. The van der Waals surface area contributed by atoms with Crippen LogP contribution in [0, 0.1) is 11.8 Å². The van der Waals surface area contributed by atoms with Crippen LogP contribution in [0.3, 0.4) is 0 Å². The zero-order valence-corrected chi connectivity index (χ0v) is 16.0. The second-order valence-electron chi connectivity index (χ2n) is 5.83. The first kappa shape index (κ1) is 19.4. The summed E-state index contributed by atoms with van der Waals surface area (Å²) in [6.07, 6.45) is 1.36. The largest absolute Gasteiger partial charge is 0.466 e. The van der Waals surface area contributed by atoms with Gasteiger partial charge >= 0.3 is 11.9 Å². The average molecular weight is 409 g/mol. The Kier molecular flexibility index (Phi) is 6.53. The second-order valence-corrected chi connectivity index (χ2v) is 6.74. The van der Waals surface area contributed by atoms with Gasteiger partial charge in [0.05, 0.1) is 19.1 Å². The molecule has 0 fully saturated rings. The van der Waals surface area contributed by atoms with Crippen LogP contribution in [0.15, 0.2) is 40.4 Å². The molecule has 134 valence electrons. The fourth-order valence-corrected chi connectivity index (χ4v) is 3.45. The van der Waals surface area contributed by atoms with Gasteiger partial charge in [0.1, 0.15) is 5.92 Å². The molecule has 3 atom stereocenters. The summed E-state index contributed by atoms with van der Waals surface area (Å²) in [6, 6.07) is 7.24. The highest BCUT2D eigenvalue weighted by molar-refractivity contribution is 9.10. The van der Waals surface area contributed by atoms with Crippen molar-refractivity contribution < 1.29 is 23.9 Å². The van der Waals surface area contributed by atoms with E-state index in [2.05, 4.69) is 15.9 Å². The number of carbonyl (C=O) groups is 3. The summed E-state index contributed by atoms with van der Waals surface area (Å²) in [5, 5.41) is 0. The SMILES string of the molecule is CCOC(=O)[C@@H]1C(C)=CC(=O)[C@@H](C(=O)OCC)[C@H]1c1ccc(Br)cc1. The number of ether oxygens (including phenoxy) is 2. The molecule has 0 bridgehead atoms. The van der Waals surface area contributed by atoms with Gasteiger partial charge in [-0.25, -0.2) is 0 Å². The Hall–Kier alpha value is -1.95. The van der Waals surface area contributed by atoms with Crippen molar-refractivity contribution in [2.45, 2.75) is 26.7 Å². The van der Waals surface area contributed by atoms with Crippen molar-refractivity contribution >= 4 is 33.7 Å². The van der Waals surface area contributed by atoms with E-state index in [1.807, 2.05) is 12.1 Å². The van der Waals surface area contributed by atoms with Gasteiger partial charge in [-0.2, -0.15) is 0 Å². The number of benzene rings is 1. The normalized spacial score (nSPS) is 23.0. The fraction of sp³-hybridized carbons (Fsp3) is 0.421. The lowest BCUT2D eigenvalue weighted by Crippen LogP contribution is -2.41. The van der Waals surface area contributed by atoms with Crippen molar-refractivity contribution in [3.8, 4) is 0 Å². The Morgan fingerprint density at radius 3 is 2.04 bits per heavy atom. The van der Waals surface area contributed by atoms with Crippen LogP contribution in [0.2, 0.25) is 0 Å². The lowest BCUT2D eigenvalue weighted by Gasteiger charge is -2.34. The predicted molar refractivity (Wildman–Crippen MR) is 95.9 cm³/mol. The maximum absolute atomic E-state index is 12.6. The first-order chi connectivity index (χ1) is 11.9. The minimum Gasteiger partial charge on any atom is -0.466 e. The maximum atomic E-state index is 12.6. The van der Waals surface area contributed by atoms with E-state index in [1.54, 1.807) is 32.9 Å². The molecule has 2 rings (SSSR count). The molecule has 6 heteroatoms. The van der Waals surface area contributed by atoms with E-state index in [0.717, 1.165) is 10.0 Å². The molecule has 0 heterocycles. The molecule has 0 spiro atoms. The Morgan fingerprint density at radius 1 is 1.00 bits per heavy atom. The van der Waals surface area contributed by atoms with Crippen LogP contribution in [-0.2, 0) is 23.9 Å². The number of ketones is 1. The molecule has 0 aromatic heterocycles. The second kappa shape index (κ2) is 8.43. The van der Waals surface area contributed by atoms with E-state index in [-0.39, 0.29) is 19.0 Å². The van der Waals surface area contributed by atoms with E-state index >= 15 is 0 Å². The van der Waals surface area contributed by atoms with Crippen molar-refractivity contribution in [2.24, 2.45) is 11.8 Å². The van der Waals surface area contributed by atoms with E-state index in [1.165, 1.54) is 6.08 Å². The third-order valence-electron chi connectivity index (χ3n) is 4.22. The van der Waals surface area contributed by atoms with Gasteiger partial charge < -0.3 is 9.47 Å². The quantitative estimate of drug-likeness (QED) is 0.551. The highest BCUT2D eigenvalue weighted by atomic mass is 79.9. The van der Waals surface area contributed by atoms with Gasteiger partial charge in [-0.15, -0.1) is 0 Å². The summed E-state index contributed by atoms with van der Waals surface area (Å²) in [5.74, 6) is -3.80. The number of hydrogen-bond acceptors (Lipinski definition) is 5. The van der Waals surface area contributed by atoms with E-state index < -0.39 is 29.7 Å². The Labute approximate surface area is 155 Å². The topological polar surface area (TPSA) is 69.7 Å². The standard InChI is InChI=1S/C19H21BrO5/c1-4-24-18(22)15-11(3)10-14(21)17(19(23)25-5-2)16(15)12-6-8-13(20)9-7-12/h6-10,15-17H,4-5H2,1-3H3/t15-,16+,17-/m1/s1. The van der Waals surface area contributed by atoms with E-state index in [0.29, 0.717) is 5.57 Å². The zero-order chi connectivity index (χ0) is 18.6. The highest BCUT2D eigenvalue weighted by Gasteiger charge is 2.47. The van der Waals surface area contributed by atoms with Gasteiger partial charge in [0.2, 0.25) is 0 Å². The van der Waals surface area contributed by atoms with Crippen LogP contribution in [-0.4, -0.2) is 30.9 Å². The summed E-state index contributed by atoms with van der Waals surface area (Å²) in [6.45, 7) is 5.52. The Balaban J connectivity index is 2.56.